The molecule has 0 saturated carbocycles. The van der Waals surface area contributed by atoms with Crippen molar-refractivity contribution in [2.45, 2.75) is 102 Å². The highest BCUT2D eigenvalue weighted by Gasteiger charge is 2.52. The third-order valence-electron chi connectivity index (χ3n) is 12.8. The smallest absolute Gasteiger partial charge is 0.407 e. The maximum Gasteiger partial charge on any atom is 0.407 e. The number of ether oxygens (including phenoxy) is 3. The van der Waals surface area contributed by atoms with Gasteiger partial charge in [0.25, 0.3) is 0 Å². The van der Waals surface area contributed by atoms with Gasteiger partial charge in [0.1, 0.15) is 17.7 Å². The molecule has 2 aromatic carbocycles. The number of amides is 3. The standard InChI is InChI=1S/C45H55N7O6/c1-27(2)29(5)41(53)51-25-45(18-8-20-58-45)23-37(51)40-47-33-16-13-31(21-34(33)48-40)10-9-30-11-14-32(15-12-30)35-24-46-39(49-35)36-22-44(17-7-19-57-44)26-52(36)42(54)38(28(3)4)50-43(55)56-6/h11-16,21,24,27-29,36-38H,7-8,17-20,22-23,25-26H2,1-6H3,(H,46,49)(H,47,48)(H,50,55)/t29-,36-,37-,38-,44-,45-/m0/s1. The van der Waals surface area contributed by atoms with E-state index in [4.69, 9.17) is 24.2 Å². The van der Waals surface area contributed by atoms with Crippen molar-refractivity contribution in [2.75, 3.05) is 33.4 Å². The van der Waals surface area contributed by atoms with Crippen LogP contribution in [0.25, 0.3) is 22.3 Å². The van der Waals surface area contributed by atoms with E-state index in [9.17, 15) is 14.4 Å². The van der Waals surface area contributed by atoms with E-state index in [1.165, 1.54) is 7.11 Å². The number of carbonyl (C=O) groups excluding carboxylic acids is 3. The quantitative estimate of drug-likeness (QED) is 0.167. The zero-order valence-corrected chi connectivity index (χ0v) is 34.4. The summed E-state index contributed by atoms with van der Waals surface area (Å²) in [5.41, 5.74) is 4.49. The average molecular weight is 790 g/mol. The number of methoxy groups -OCH3 is 1. The number of hydrogen-bond acceptors (Lipinski definition) is 8. The first-order chi connectivity index (χ1) is 27.9. The minimum absolute atomic E-state index is 0.0851. The van der Waals surface area contributed by atoms with Gasteiger partial charge in [-0.3, -0.25) is 9.59 Å². The SMILES string of the molecule is COC(=O)N[C@H](C(=O)N1C[C@]2(CCCO2)C[C@H]1c1ncc(-c2ccc(C#Cc3ccc4nc([C@@H]5C[C@@]6(CCCO6)CN5C(=O)[C@@H](C)C(C)C)[nH]c4c3)cc2)[nH]1)C(C)C. The molecule has 13 heteroatoms. The number of fused-ring (bicyclic) bond motifs is 1. The Bertz CT molecular complexity index is 2220. The van der Waals surface area contributed by atoms with Gasteiger partial charge in [0, 0.05) is 43.1 Å². The summed E-state index contributed by atoms with van der Waals surface area (Å²) >= 11 is 0. The van der Waals surface area contributed by atoms with Crippen molar-refractivity contribution in [1.29, 1.82) is 0 Å². The lowest BCUT2D eigenvalue weighted by molar-refractivity contribution is -0.138. The molecule has 2 spiro atoms. The normalized spacial score (nSPS) is 25.2. The first-order valence-electron chi connectivity index (χ1n) is 20.8. The van der Waals surface area contributed by atoms with E-state index in [1.54, 1.807) is 6.20 Å². The Labute approximate surface area is 340 Å². The molecule has 0 radical (unpaired) electrons. The summed E-state index contributed by atoms with van der Waals surface area (Å²) in [7, 11) is 1.29. The van der Waals surface area contributed by atoms with Crippen LogP contribution in [0.15, 0.2) is 48.7 Å². The fraction of sp³-hybridized carbons (Fsp3) is 0.533. The van der Waals surface area contributed by atoms with E-state index in [0.29, 0.717) is 31.9 Å². The number of rotatable bonds is 8. The lowest BCUT2D eigenvalue weighted by Gasteiger charge is -2.30. The van der Waals surface area contributed by atoms with Crippen LogP contribution in [-0.2, 0) is 23.8 Å². The molecule has 4 aliphatic rings. The zero-order valence-electron chi connectivity index (χ0n) is 34.4. The van der Waals surface area contributed by atoms with Gasteiger partial charge >= 0.3 is 6.09 Å². The summed E-state index contributed by atoms with van der Waals surface area (Å²) in [6, 6.07) is 12.7. The van der Waals surface area contributed by atoms with Crippen LogP contribution in [0.1, 0.15) is 108 Å². The monoisotopic (exact) mass is 789 g/mol. The molecule has 3 amide bonds. The van der Waals surface area contributed by atoms with Crippen LogP contribution in [-0.4, -0.2) is 98.3 Å². The van der Waals surface area contributed by atoms with Gasteiger partial charge in [0.2, 0.25) is 11.8 Å². The zero-order chi connectivity index (χ0) is 40.8. The average Bonchev–Trinajstić information content (AvgIpc) is 4.09. The van der Waals surface area contributed by atoms with Crippen molar-refractivity contribution in [3.63, 3.8) is 0 Å². The fourth-order valence-electron chi connectivity index (χ4n) is 9.15. The Hall–Kier alpha value is -5.19. The van der Waals surface area contributed by atoms with Crippen molar-refractivity contribution < 1.29 is 28.6 Å². The summed E-state index contributed by atoms with van der Waals surface area (Å²) in [6.07, 6.45) is 6.32. The van der Waals surface area contributed by atoms with Crippen LogP contribution >= 0.6 is 0 Å². The molecule has 306 valence electrons. The molecule has 3 N–H and O–H groups in total. The fourth-order valence-corrected chi connectivity index (χ4v) is 9.15. The van der Waals surface area contributed by atoms with Gasteiger partial charge in [0.05, 0.1) is 66.4 Å². The van der Waals surface area contributed by atoms with Crippen molar-refractivity contribution in [1.82, 2.24) is 35.1 Å². The van der Waals surface area contributed by atoms with Crippen molar-refractivity contribution in [2.24, 2.45) is 17.8 Å². The molecule has 8 rings (SSSR count). The molecule has 4 fully saturated rings. The molecule has 4 aliphatic heterocycles. The van der Waals surface area contributed by atoms with Gasteiger partial charge in [-0.2, -0.15) is 0 Å². The van der Waals surface area contributed by atoms with Gasteiger partial charge in [-0.25, -0.2) is 14.8 Å². The largest absolute Gasteiger partial charge is 0.453 e. The molecular weight excluding hydrogens is 735 g/mol. The summed E-state index contributed by atoms with van der Waals surface area (Å²) in [6.45, 7) is 12.5. The third-order valence-corrected chi connectivity index (χ3v) is 12.8. The van der Waals surface area contributed by atoms with Gasteiger partial charge in [0.15, 0.2) is 0 Å². The molecule has 0 bridgehead atoms. The van der Waals surface area contributed by atoms with Gasteiger partial charge in [-0.15, -0.1) is 0 Å². The first-order valence-corrected chi connectivity index (χ1v) is 20.8. The maximum atomic E-state index is 14.0. The number of alkyl carbamates (subject to hydrolysis) is 1. The Kier molecular flexibility index (Phi) is 10.8. The van der Waals surface area contributed by atoms with E-state index in [1.807, 2.05) is 73.0 Å². The molecule has 13 nitrogen and oxygen atoms in total. The second-order valence-electron chi connectivity index (χ2n) is 17.4. The number of nitrogens with zero attached hydrogens (tertiary/aromatic N) is 4. The Morgan fingerprint density at radius 2 is 1.45 bits per heavy atom. The third kappa shape index (κ3) is 7.72. The van der Waals surface area contributed by atoms with Crippen LogP contribution in [0.2, 0.25) is 0 Å². The molecule has 4 saturated heterocycles. The number of aromatic amines is 2. The molecule has 6 atom stereocenters. The summed E-state index contributed by atoms with van der Waals surface area (Å²) < 4.78 is 17.3. The highest BCUT2D eigenvalue weighted by Crippen LogP contribution is 2.46. The topological polar surface area (TPSA) is 155 Å². The number of benzene rings is 2. The van der Waals surface area contributed by atoms with Crippen molar-refractivity contribution in [3.8, 4) is 23.1 Å². The van der Waals surface area contributed by atoms with Crippen molar-refractivity contribution in [3.05, 3.63) is 71.4 Å². The van der Waals surface area contributed by atoms with Gasteiger partial charge < -0.3 is 39.3 Å². The molecular formula is C45H55N7O6. The van der Waals surface area contributed by atoms with Gasteiger partial charge in [-0.05, 0) is 73.4 Å². The van der Waals surface area contributed by atoms with Crippen molar-refractivity contribution >= 4 is 28.9 Å². The Morgan fingerprint density at radius 3 is 2.05 bits per heavy atom. The molecule has 2 aromatic heterocycles. The van der Waals surface area contributed by atoms with E-state index in [-0.39, 0.29) is 47.3 Å². The Morgan fingerprint density at radius 1 is 0.828 bits per heavy atom. The number of nitrogens with one attached hydrogen (secondary N) is 3. The van der Waals surface area contributed by atoms with E-state index < -0.39 is 17.7 Å². The Balaban J connectivity index is 0.976. The van der Waals surface area contributed by atoms with E-state index >= 15 is 0 Å². The van der Waals surface area contributed by atoms with Crippen LogP contribution in [0.5, 0.6) is 0 Å². The van der Waals surface area contributed by atoms with Crippen LogP contribution in [0.4, 0.5) is 4.79 Å². The predicted octanol–water partition coefficient (Wildman–Crippen LogP) is 6.67. The predicted molar refractivity (Wildman–Crippen MR) is 218 cm³/mol. The number of H-pyrrole nitrogens is 2. The minimum atomic E-state index is -0.744. The van der Waals surface area contributed by atoms with Crippen LogP contribution in [0, 0.1) is 29.6 Å². The van der Waals surface area contributed by atoms with E-state index in [0.717, 1.165) is 78.0 Å². The second-order valence-corrected chi connectivity index (χ2v) is 17.4. The van der Waals surface area contributed by atoms with Crippen LogP contribution in [0.3, 0.4) is 0 Å². The second kappa shape index (κ2) is 15.9. The highest BCUT2D eigenvalue weighted by molar-refractivity contribution is 5.86. The summed E-state index contributed by atoms with van der Waals surface area (Å²) in [5, 5.41) is 2.73. The summed E-state index contributed by atoms with van der Waals surface area (Å²) in [4.78, 5) is 60.4. The maximum absolute atomic E-state index is 14.0. The number of imidazole rings is 2. The molecule has 58 heavy (non-hydrogen) atoms. The lowest BCUT2D eigenvalue weighted by atomic mass is 9.96. The molecule has 4 aromatic rings. The number of hydrogen-bond donors (Lipinski definition) is 3. The lowest BCUT2D eigenvalue weighted by Crippen LogP contribution is -2.51. The number of likely N-dealkylation sites (tertiary alicyclic amines) is 2. The van der Waals surface area contributed by atoms with Crippen LogP contribution < -0.4 is 5.32 Å². The minimum Gasteiger partial charge on any atom is -0.453 e. The first kappa shape index (κ1) is 39.6. The highest BCUT2D eigenvalue weighted by atomic mass is 16.5. The number of aromatic nitrogens is 4. The molecule has 0 aliphatic carbocycles. The molecule has 0 unspecified atom stereocenters. The molecule has 6 heterocycles. The van der Waals surface area contributed by atoms with Gasteiger partial charge in [-0.1, -0.05) is 58.6 Å². The van der Waals surface area contributed by atoms with E-state index in [2.05, 4.69) is 41.0 Å². The number of carbonyl (C=O) groups is 3. The summed E-state index contributed by atoms with van der Waals surface area (Å²) in [5.74, 6) is 8.08.